The molecule has 124 valence electrons. The number of aromatic nitrogens is 4. The summed E-state index contributed by atoms with van der Waals surface area (Å²) >= 11 is 0. The Labute approximate surface area is 137 Å². The van der Waals surface area contributed by atoms with Crippen molar-refractivity contribution in [3.05, 3.63) is 42.5 Å². The number of imidazole rings is 1. The lowest BCUT2D eigenvalue weighted by atomic mass is 10.2. The Morgan fingerprint density at radius 2 is 2.08 bits per heavy atom. The predicted octanol–water partition coefficient (Wildman–Crippen LogP) is 2.04. The molecule has 3 N–H and O–H groups in total. The van der Waals surface area contributed by atoms with Gasteiger partial charge in [0.2, 0.25) is 0 Å². The highest BCUT2D eigenvalue weighted by Crippen LogP contribution is 2.24. The number of carbonyl (C=O) groups is 1. The summed E-state index contributed by atoms with van der Waals surface area (Å²) in [5, 5.41) is 22.1. The molecule has 1 unspecified atom stereocenters. The smallest absolute Gasteiger partial charge is 0.337 e. The molecular formula is C16H17N5O3. The van der Waals surface area contributed by atoms with E-state index >= 15 is 0 Å². The molecule has 0 bridgehead atoms. The number of anilines is 2. The van der Waals surface area contributed by atoms with Gasteiger partial charge in [0.1, 0.15) is 6.33 Å². The Morgan fingerprint density at radius 3 is 2.83 bits per heavy atom. The number of benzene rings is 1. The van der Waals surface area contributed by atoms with Gasteiger partial charge in [0.15, 0.2) is 17.0 Å². The first kappa shape index (κ1) is 15.9. The molecule has 1 aromatic carbocycles. The van der Waals surface area contributed by atoms with E-state index in [0.29, 0.717) is 35.6 Å². The number of aromatic carboxylic acids is 1. The second-order valence-electron chi connectivity index (χ2n) is 5.33. The highest BCUT2D eigenvalue weighted by Gasteiger charge is 2.15. The van der Waals surface area contributed by atoms with Gasteiger partial charge >= 0.3 is 5.97 Å². The minimum Gasteiger partial charge on any atom is -0.478 e. The molecule has 0 fully saturated rings. The quantitative estimate of drug-likeness (QED) is 0.635. The van der Waals surface area contributed by atoms with Gasteiger partial charge in [-0.3, -0.25) is 0 Å². The summed E-state index contributed by atoms with van der Waals surface area (Å²) in [4.78, 5) is 24.0. The molecule has 0 aliphatic rings. The maximum atomic E-state index is 11.3. The van der Waals surface area contributed by atoms with Crippen LogP contribution in [0.15, 0.2) is 36.9 Å². The summed E-state index contributed by atoms with van der Waals surface area (Å²) in [5.41, 5.74) is 1.66. The summed E-state index contributed by atoms with van der Waals surface area (Å²) in [6.45, 7) is 2.28. The average Bonchev–Trinajstić information content (AvgIpc) is 2.99. The third kappa shape index (κ3) is 3.04. The molecule has 3 aromatic rings. The fraction of sp³-hybridized carbons (Fsp3) is 0.250. The monoisotopic (exact) mass is 327 g/mol. The van der Waals surface area contributed by atoms with Gasteiger partial charge in [-0.25, -0.2) is 19.7 Å². The molecular weight excluding hydrogens is 310 g/mol. The van der Waals surface area contributed by atoms with Gasteiger partial charge < -0.3 is 20.1 Å². The lowest BCUT2D eigenvalue weighted by Crippen LogP contribution is -2.14. The van der Waals surface area contributed by atoms with Crippen molar-refractivity contribution < 1.29 is 15.0 Å². The summed E-state index contributed by atoms with van der Waals surface area (Å²) < 4.78 is 1.75. The SMILES string of the molecule is CCC(O)Cn1cnc2c(Nc3ccccc3C(=O)O)ncnc21. The third-order valence-electron chi connectivity index (χ3n) is 3.69. The van der Waals surface area contributed by atoms with E-state index in [4.69, 9.17) is 0 Å². The molecule has 1 atom stereocenters. The lowest BCUT2D eigenvalue weighted by Gasteiger charge is -2.10. The maximum Gasteiger partial charge on any atom is 0.337 e. The molecule has 3 rings (SSSR count). The number of fused-ring (bicyclic) bond motifs is 1. The molecule has 0 aliphatic heterocycles. The normalized spacial score (nSPS) is 12.2. The first-order valence-electron chi connectivity index (χ1n) is 7.53. The van der Waals surface area contributed by atoms with E-state index in [9.17, 15) is 15.0 Å². The van der Waals surface area contributed by atoms with E-state index in [1.54, 1.807) is 29.1 Å². The number of nitrogens with one attached hydrogen (secondary N) is 1. The third-order valence-corrected chi connectivity index (χ3v) is 3.69. The van der Waals surface area contributed by atoms with Gasteiger partial charge in [-0.2, -0.15) is 0 Å². The van der Waals surface area contributed by atoms with Crippen LogP contribution in [0.3, 0.4) is 0 Å². The molecule has 0 amide bonds. The van der Waals surface area contributed by atoms with E-state index in [1.807, 2.05) is 6.92 Å². The van der Waals surface area contributed by atoms with Crippen molar-refractivity contribution in [3.8, 4) is 0 Å². The number of hydrogen-bond acceptors (Lipinski definition) is 6. The van der Waals surface area contributed by atoms with Crippen molar-refractivity contribution in [3.63, 3.8) is 0 Å². The molecule has 24 heavy (non-hydrogen) atoms. The number of para-hydroxylation sites is 1. The van der Waals surface area contributed by atoms with Crippen molar-refractivity contribution in [1.29, 1.82) is 0 Å². The number of carboxylic acid groups (broad SMARTS) is 1. The number of carboxylic acids is 1. The van der Waals surface area contributed by atoms with Crippen LogP contribution in [0.5, 0.6) is 0 Å². The summed E-state index contributed by atoms with van der Waals surface area (Å²) in [6.07, 6.45) is 3.11. The van der Waals surface area contributed by atoms with E-state index < -0.39 is 12.1 Å². The molecule has 8 nitrogen and oxygen atoms in total. The van der Waals surface area contributed by atoms with Gasteiger partial charge in [-0.1, -0.05) is 19.1 Å². The number of hydrogen-bond donors (Lipinski definition) is 3. The molecule has 8 heteroatoms. The zero-order chi connectivity index (χ0) is 17.1. The Bertz CT molecular complexity index is 877. The van der Waals surface area contributed by atoms with Crippen LogP contribution in [0.4, 0.5) is 11.5 Å². The van der Waals surface area contributed by atoms with E-state index in [-0.39, 0.29) is 5.56 Å². The minimum absolute atomic E-state index is 0.144. The molecule has 0 saturated heterocycles. The van der Waals surface area contributed by atoms with Crippen LogP contribution in [0, 0.1) is 0 Å². The van der Waals surface area contributed by atoms with Crippen molar-refractivity contribution in [1.82, 2.24) is 19.5 Å². The highest BCUT2D eigenvalue weighted by atomic mass is 16.4. The summed E-state index contributed by atoms with van der Waals surface area (Å²) in [7, 11) is 0. The second-order valence-corrected chi connectivity index (χ2v) is 5.33. The highest BCUT2D eigenvalue weighted by molar-refractivity contribution is 5.96. The van der Waals surface area contributed by atoms with Crippen LogP contribution in [-0.2, 0) is 6.54 Å². The zero-order valence-corrected chi connectivity index (χ0v) is 13.0. The maximum absolute atomic E-state index is 11.3. The summed E-state index contributed by atoms with van der Waals surface area (Å²) in [6, 6.07) is 6.57. The zero-order valence-electron chi connectivity index (χ0n) is 13.0. The minimum atomic E-state index is -1.03. The van der Waals surface area contributed by atoms with Crippen LogP contribution in [-0.4, -0.2) is 41.8 Å². The van der Waals surface area contributed by atoms with Crippen molar-refractivity contribution >= 4 is 28.6 Å². The van der Waals surface area contributed by atoms with Gasteiger partial charge in [0, 0.05) is 0 Å². The van der Waals surface area contributed by atoms with Crippen molar-refractivity contribution in [2.75, 3.05) is 5.32 Å². The second kappa shape index (κ2) is 6.63. The van der Waals surface area contributed by atoms with E-state index in [0.717, 1.165) is 0 Å². The van der Waals surface area contributed by atoms with Crippen LogP contribution in [0.1, 0.15) is 23.7 Å². The number of aliphatic hydroxyl groups is 1. The number of nitrogens with zero attached hydrogens (tertiary/aromatic N) is 4. The first-order chi connectivity index (χ1) is 11.6. The van der Waals surface area contributed by atoms with Crippen LogP contribution >= 0.6 is 0 Å². The van der Waals surface area contributed by atoms with E-state index in [2.05, 4.69) is 20.3 Å². The molecule has 2 heterocycles. The molecule has 2 aromatic heterocycles. The average molecular weight is 327 g/mol. The summed E-state index contributed by atoms with van der Waals surface area (Å²) in [5.74, 6) is -0.613. The fourth-order valence-corrected chi connectivity index (χ4v) is 2.37. The Hall–Kier alpha value is -3.00. The van der Waals surface area contributed by atoms with Gasteiger partial charge in [-0.05, 0) is 18.6 Å². The van der Waals surface area contributed by atoms with Gasteiger partial charge in [0.25, 0.3) is 0 Å². The van der Waals surface area contributed by atoms with Crippen LogP contribution < -0.4 is 5.32 Å². The molecule has 0 saturated carbocycles. The first-order valence-corrected chi connectivity index (χ1v) is 7.53. The fourth-order valence-electron chi connectivity index (χ4n) is 2.37. The van der Waals surface area contributed by atoms with Crippen LogP contribution in [0.25, 0.3) is 11.2 Å². The predicted molar refractivity (Wildman–Crippen MR) is 88.3 cm³/mol. The molecule has 0 spiro atoms. The largest absolute Gasteiger partial charge is 0.478 e. The Kier molecular flexibility index (Phi) is 4.39. The van der Waals surface area contributed by atoms with Gasteiger partial charge in [-0.15, -0.1) is 0 Å². The van der Waals surface area contributed by atoms with Crippen LogP contribution in [0.2, 0.25) is 0 Å². The molecule has 0 radical (unpaired) electrons. The van der Waals surface area contributed by atoms with Gasteiger partial charge in [0.05, 0.1) is 30.2 Å². The Balaban J connectivity index is 1.98. The lowest BCUT2D eigenvalue weighted by molar-refractivity contribution is 0.0698. The van der Waals surface area contributed by atoms with Crippen molar-refractivity contribution in [2.45, 2.75) is 26.0 Å². The standard InChI is InChI=1S/C16H17N5O3/c1-2-10(22)7-21-9-19-13-14(17-8-18-15(13)21)20-12-6-4-3-5-11(12)16(23)24/h3-6,8-10,22H,2,7H2,1H3,(H,23,24)(H,17,18,20). The number of rotatable bonds is 6. The molecule has 0 aliphatic carbocycles. The van der Waals surface area contributed by atoms with Crippen molar-refractivity contribution in [2.24, 2.45) is 0 Å². The Morgan fingerprint density at radius 1 is 1.29 bits per heavy atom. The van der Waals surface area contributed by atoms with E-state index in [1.165, 1.54) is 12.4 Å². The topological polar surface area (TPSA) is 113 Å². The number of aliphatic hydroxyl groups excluding tert-OH is 1.